The molecular formula is C15H18N2OS. The van der Waals surface area contributed by atoms with Gasteiger partial charge in [0.25, 0.3) is 0 Å². The van der Waals surface area contributed by atoms with E-state index in [4.69, 9.17) is 5.73 Å². The summed E-state index contributed by atoms with van der Waals surface area (Å²) in [6, 6.07) is 11.0. The lowest BCUT2D eigenvalue weighted by Crippen LogP contribution is -2.40. The van der Waals surface area contributed by atoms with E-state index in [9.17, 15) is 4.79 Å². The van der Waals surface area contributed by atoms with Crippen molar-refractivity contribution in [1.29, 1.82) is 0 Å². The first-order chi connectivity index (χ1) is 9.16. The first-order valence-electron chi connectivity index (χ1n) is 6.29. The van der Waals surface area contributed by atoms with Gasteiger partial charge in [0.2, 0.25) is 5.91 Å². The second-order valence-electron chi connectivity index (χ2n) is 4.63. The average molecular weight is 274 g/mol. The van der Waals surface area contributed by atoms with Crippen LogP contribution in [0.3, 0.4) is 0 Å². The summed E-state index contributed by atoms with van der Waals surface area (Å²) in [7, 11) is 0. The zero-order valence-corrected chi connectivity index (χ0v) is 11.7. The van der Waals surface area contributed by atoms with Crippen molar-refractivity contribution in [1.82, 2.24) is 5.32 Å². The van der Waals surface area contributed by atoms with Crippen LogP contribution in [0.15, 0.2) is 47.2 Å². The molecule has 19 heavy (non-hydrogen) atoms. The zero-order chi connectivity index (χ0) is 13.7. The van der Waals surface area contributed by atoms with Gasteiger partial charge in [0.05, 0.1) is 0 Å². The van der Waals surface area contributed by atoms with E-state index >= 15 is 0 Å². The standard InChI is InChI=1S/C15H18N2OS/c1-11(9-12-7-8-19-10-12)17-15(18)14(16)13-5-3-2-4-6-13/h2-8,10-11,14H,9,16H2,1H3,(H,17,18)/t11?,14-/m1/s1. The fourth-order valence-electron chi connectivity index (χ4n) is 1.96. The molecule has 1 heterocycles. The van der Waals surface area contributed by atoms with Crippen LogP contribution in [-0.4, -0.2) is 11.9 Å². The number of rotatable bonds is 5. The number of carbonyl (C=O) groups excluding carboxylic acids is 1. The largest absolute Gasteiger partial charge is 0.352 e. The molecular weight excluding hydrogens is 256 g/mol. The molecule has 1 aromatic carbocycles. The molecule has 0 saturated heterocycles. The Hall–Kier alpha value is -1.65. The molecule has 2 atom stereocenters. The maximum Gasteiger partial charge on any atom is 0.241 e. The van der Waals surface area contributed by atoms with Crippen molar-refractivity contribution in [2.45, 2.75) is 25.4 Å². The molecule has 1 unspecified atom stereocenters. The molecule has 1 amide bonds. The topological polar surface area (TPSA) is 55.1 Å². The van der Waals surface area contributed by atoms with Crippen LogP contribution >= 0.6 is 11.3 Å². The van der Waals surface area contributed by atoms with Crippen molar-refractivity contribution in [3.63, 3.8) is 0 Å². The summed E-state index contributed by atoms with van der Waals surface area (Å²) < 4.78 is 0. The lowest BCUT2D eigenvalue weighted by atomic mass is 10.1. The molecule has 0 aliphatic carbocycles. The number of hydrogen-bond acceptors (Lipinski definition) is 3. The number of benzene rings is 1. The Labute approximate surface area is 117 Å². The minimum Gasteiger partial charge on any atom is -0.352 e. The van der Waals surface area contributed by atoms with E-state index in [1.807, 2.05) is 42.6 Å². The van der Waals surface area contributed by atoms with Crippen molar-refractivity contribution in [3.05, 3.63) is 58.3 Å². The second-order valence-corrected chi connectivity index (χ2v) is 5.41. The molecule has 2 aromatic rings. The predicted octanol–water partition coefficient (Wildman–Crippen LogP) is 2.50. The van der Waals surface area contributed by atoms with E-state index in [1.165, 1.54) is 5.56 Å². The molecule has 0 aliphatic heterocycles. The molecule has 0 bridgehead atoms. The summed E-state index contributed by atoms with van der Waals surface area (Å²) in [5.74, 6) is -0.131. The Kier molecular flexibility index (Phi) is 4.71. The van der Waals surface area contributed by atoms with Crippen molar-refractivity contribution in [2.75, 3.05) is 0 Å². The first kappa shape index (κ1) is 13.8. The number of carbonyl (C=O) groups is 1. The van der Waals surface area contributed by atoms with Crippen LogP contribution in [0.1, 0.15) is 24.1 Å². The predicted molar refractivity (Wildman–Crippen MR) is 79.0 cm³/mol. The smallest absolute Gasteiger partial charge is 0.241 e. The fourth-order valence-corrected chi connectivity index (χ4v) is 2.64. The fraction of sp³-hybridized carbons (Fsp3) is 0.267. The Morgan fingerprint density at radius 1 is 1.32 bits per heavy atom. The van der Waals surface area contributed by atoms with Gasteiger partial charge in [0, 0.05) is 6.04 Å². The number of thiophene rings is 1. The maximum absolute atomic E-state index is 12.0. The van der Waals surface area contributed by atoms with Crippen molar-refractivity contribution >= 4 is 17.2 Å². The zero-order valence-electron chi connectivity index (χ0n) is 10.9. The summed E-state index contributed by atoms with van der Waals surface area (Å²) in [6.45, 7) is 1.99. The van der Waals surface area contributed by atoms with Gasteiger partial charge in [-0.1, -0.05) is 30.3 Å². The molecule has 0 radical (unpaired) electrons. The highest BCUT2D eigenvalue weighted by Crippen LogP contribution is 2.11. The highest BCUT2D eigenvalue weighted by Gasteiger charge is 2.17. The molecule has 3 N–H and O–H groups in total. The maximum atomic E-state index is 12.0. The van der Waals surface area contributed by atoms with Crippen molar-refractivity contribution < 1.29 is 4.79 Å². The SMILES string of the molecule is CC(Cc1ccsc1)NC(=O)[C@H](N)c1ccccc1. The average Bonchev–Trinajstić information content (AvgIpc) is 2.91. The van der Waals surface area contributed by atoms with Crippen molar-refractivity contribution in [2.24, 2.45) is 5.73 Å². The third kappa shape index (κ3) is 3.91. The Morgan fingerprint density at radius 3 is 2.68 bits per heavy atom. The van der Waals surface area contributed by atoms with Crippen LogP contribution in [0.2, 0.25) is 0 Å². The van der Waals surface area contributed by atoms with E-state index < -0.39 is 6.04 Å². The van der Waals surface area contributed by atoms with Gasteiger partial charge in [-0.15, -0.1) is 0 Å². The van der Waals surface area contributed by atoms with E-state index in [1.54, 1.807) is 11.3 Å². The quantitative estimate of drug-likeness (QED) is 0.880. The van der Waals surface area contributed by atoms with Gasteiger partial charge in [-0.05, 0) is 41.3 Å². The van der Waals surface area contributed by atoms with Gasteiger partial charge in [-0.3, -0.25) is 4.79 Å². The van der Waals surface area contributed by atoms with E-state index in [0.717, 1.165) is 12.0 Å². The van der Waals surface area contributed by atoms with Gasteiger partial charge < -0.3 is 11.1 Å². The third-order valence-electron chi connectivity index (χ3n) is 2.95. The first-order valence-corrected chi connectivity index (χ1v) is 7.23. The summed E-state index contributed by atoms with van der Waals surface area (Å²) in [4.78, 5) is 12.0. The molecule has 1 aromatic heterocycles. The number of nitrogens with two attached hydrogens (primary N) is 1. The molecule has 2 rings (SSSR count). The summed E-state index contributed by atoms with van der Waals surface area (Å²) in [5, 5.41) is 7.10. The minimum atomic E-state index is -0.605. The second kappa shape index (κ2) is 6.50. The Bertz CT molecular complexity index is 510. The third-order valence-corrected chi connectivity index (χ3v) is 3.68. The lowest BCUT2D eigenvalue weighted by molar-refractivity contribution is -0.123. The number of nitrogens with one attached hydrogen (secondary N) is 1. The normalized spacial score (nSPS) is 13.8. The van der Waals surface area contributed by atoms with Gasteiger partial charge in [0.1, 0.15) is 6.04 Å². The monoisotopic (exact) mass is 274 g/mol. The van der Waals surface area contributed by atoms with Crippen LogP contribution < -0.4 is 11.1 Å². The molecule has 0 aliphatic rings. The Morgan fingerprint density at radius 2 is 2.05 bits per heavy atom. The van der Waals surface area contributed by atoms with Crippen LogP contribution in [0.4, 0.5) is 0 Å². The number of hydrogen-bond donors (Lipinski definition) is 2. The van der Waals surface area contributed by atoms with E-state index in [-0.39, 0.29) is 11.9 Å². The van der Waals surface area contributed by atoms with Crippen molar-refractivity contribution in [3.8, 4) is 0 Å². The van der Waals surface area contributed by atoms with Gasteiger partial charge in [-0.2, -0.15) is 11.3 Å². The minimum absolute atomic E-state index is 0.0804. The van der Waals surface area contributed by atoms with E-state index in [2.05, 4.69) is 16.8 Å². The highest BCUT2D eigenvalue weighted by molar-refractivity contribution is 7.07. The molecule has 3 nitrogen and oxygen atoms in total. The van der Waals surface area contributed by atoms with Crippen LogP contribution in [-0.2, 0) is 11.2 Å². The van der Waals surface area contributed by atoms with Crippen LogP contribution in [0, 0.1) is 0 Å². The van der Waals surface area contributed by atoms with Crippen LogP contribution in [0.5, 0.6) is 0 Å². The molecule has 4 heteroatoms. The number of amides is 1. The molecule has 0 spiro atoms. The summed E-state index contributed by atoms with van der Waals surface area (Å²) >= 11 is 1.67. The van der Waals surface area contributed by atoms with Gasteiger partial charge in [-0.25, -0.2) is 0 Å². The lowest BCUT2D eigenvalue weighted by Gasteiger charge is -2.17. The molecule has 0 fully saturated rings. The molecule has 100 valence electrons. The van der Waals surface area contributed by atoms with Gasteiger partial charge in [0.15, 0.2) is 0 Å². The van der Waals surface area contributed by atoms with Crippen LogP contribution in [0.25, 0.3) is 0 Å². The Balaban J connectivity index is 1.90. The highest BCUT2D eigenvalue weighted by atomic mass is 32.1. The van der Waals surface area contributed by atoms with E-state index in [0.29, 0.717) is 0 Å². The summed E-state index contributed by atoms with van der Waals surface area (Å²) in [6.07, 6.45) is 0.830. The molecule has 0 saturated carbocycles. The summed E-state index contributed by atoms with van der Waals surface area (Å²) in [5.41, 5.74) is 8.03. The van der Waals surface area contributed by atoms with Gasteiger partial charge >= 0.3 is 0 Å².